The number of anilines is 1. The lowest BCUT2D eigenvalue weighted by Gasteiger charge is -2.41. The van der Waals surface area contributed by atoms with Crippen LogP contribution in [0.3, 0.4) is 0 Å². The molecule has 1 aromatic heterocycles. The van der Waals surface area contributed by atoms with Crippen molar-refractivity contribution >= 4 is 11.7 Å². The first-order valence-electron chi connectivity index (χ1n) is 9.33. The molecule has 0 bridgehead atoms. The van der Waals surface area contributed by atoms with Crippen LogP contribution >= 0.6 is 0 Å². The molecule has 5 nitrogen and oxygen atoms in total. The van der Waals surface area contributed by atoms with Gasteiger partial charge in [-0.15, -0.1) is 0 Å². The van der Waals surface area contributed by atoms with Crippen molar-refractivity contribution in [1.82, 2.24) is 9.88 Å². The number of rotatable bonds is 2. The van der Waals surface area contributed by atoms with Crippen molar-refractivity contribution in [3.05, 3.63) is 24.4 Å². The monoisotopic (exact) mass is 329 g/mol. The van der Waals surface area contributed by atoms with Crippen LogP contribution in [0.1, 0.15) is 44.9 Å². The number of nitrogens with zero attached hydrogens (tertiary/aromatic N) is 3. The lowest BCUT2D eigenvalue weighted by Crippen LogP contribution is -2.50. The van der Waals surface area contributed by atoms with Crippen molar-refractivity contribution in [3.63, 3.8) is 0 Å². The molecule has 5 heteroatoms. The molecule has 1 N–H and O–H groups in total. The van der Waals surface area contributed by atoms with Gasteiger partial charge in [0.15, 0.2) is 0 Å². The van der Waals surface area contributed by atoms with Gasteiger partial charge in [-0.05, 0) is 57.1 Å². The van der Waals surface area contributed by atoms with Crippen LogP contribution in [0.25, 0.3) is 0 Å². The van der Waals surface area contributed by atoms with E-state index in [1.165, 1.54) is 0 Å². The molecular weight excluding hydrogens is 302 g/mol. The number of hydrogen-bond donors (Lipinski definition) is 1. The second kappa shape index (κ2) is 6.36. The topological polar surface area (TPSA) is 56.7 Å². The summed E-state index contributed by atoms with van der Waals surface area (Å²) in [5.41, 5.74) is -0.216. The molecule has 0 aromatic carbocycles. The maximum atomic E-state index is 13.3. The van der Waals surface area contributed by atoms with Crippen molar-refractivity contribution in [2.45, 2.75) is 57.1 Å². The molecule has 1 aromatic rings. The largest absolute Gasteiger partial charge is 0.393 e. The van der Waals surface area contributed by atoms with Crippen molar-refractivity contribution in [2.75, 3.05) is 24.5 Å². The van der Waals surface area contributed by atoms with Gasteiger partial charge in [0.1, 0.15) is 5.82 Å². The third kappa shape index (κ3) is 2.79. The van der Waals surface area contributed by atoms with Crippen LogP contribution in [-0.2, 0) is 4.79 Å². The lowest BCUT2D eigenvalue weighted by atomic mass is 9.78. The van der Waals surface area contributed by atoms with Gasteiger partial charge in [-0.3, -0.25) is 4.79 Å². The Morgan fingerprint density at radius 3 is 2.71 bits per heavy atom. The molecular formula is C19H27N3O2. The number of aliphatic hydroxyl groups excluding tert-OH is 1. The highest BCUT2D eigenvalue weighted by atomic mass is 16.3. The number of hydrogen-bond acceptors (Lipinski definition) is 4. The fraction of sp³-hybridized carbons (Fsp3) is 0.684. The van der Waals surface area contributed by atoms with Gasteiger partial charge in [-0.1, -0.05) is 6.07 Å². The number of pyridine rings is 1. The summed E-state index contributed by atoms with van der Waals surface area (Å²) in [6, 6.07) is 6.33. The fourth-order valence-electron chi connectivity index (χ4n) is 4.81. The summed E-state index contributed by atoms with van der Waals surface area (Å²) in [5.74, 6) is 1.34. The Kier molecular flexibility index (Phi) is 4.21. The molecule has 24 heavy (non-hydrogen) atoms. The Hall–Kier alpha value is -1.62. The van der Waals surface area contributed by atoms with Gasteiger partial charge in [-0.2, -0.15) is 0 Å². The summed E-state index contributed by atoms with van der Waals surface area (Å²) >= 11 is 0. The lowest BCUT2D eigenvalue weighted by molar-refractivity contribution is -0.139. The summed E-state index contributed by atoms with van der Waals surface area (Å²) < 4.78 is 0. The Balaban J connectivity index is 1.48. The highest BCUT2D eigenvalue weighted by molar-refractivity contribution is 5.86. The SMILES string of the molecule is O=C1N(C2CCC(O)CC2)CC[C@@]12CCCN(c1ccccn1)C2. The molecule has 4 rings (SSSR count). The first-order chi connectivity index (χ1) is 11.7. The first-order valence-corrected chi connectivity index (χ1v) is 9.33. The minimum absolute atomic E-state index is 0.165. The van der Waals surface area contributed by atoms with Crippen molar-refractivity contribution in [1.29, 1.82) is 0 Å². The van der Waals surface area contributed by atoms with E-state index >= 15 is 0 Å². The van der Waals surface area contributed by atoms with Gasteiger partial charge in [-0.25, -0.2) is 4.98 Å². The molecule has 1 spiro atoms. The number of carbonyl (C=O) groups excluding carboxylic acids is 1. The summed E-state index contributed by atoms with van der Waals surface area (Å²) in [4.78, 5) is 22.1. The minimum atomic E-state index is -0.216. The standard InChI is InChI=1S/C19H27N3O2/c23-16-7-5-15(6-8-16)22-13-10-19(18(22)24)9-3-12-21(14-19)17-4-1-2-11-20-17/h1-2,4,11,15-16,23H,3,5-10,12-14H2/t15?,16?,19-/m1/s1. The molecule has 3 aliphatic rings. The van der Waals surface area contributed by atoms with Crippen LogP contribution in [0.5, 0.6) is 0 Å². The molecule has 130 valence electrons. The predicted molar refractivity (Wildman–Crippen MR) is 92.7 cm³/mol. The molecule has 1 saturated carbocycles. The molecule has 3 fully saturated rings. The molecule has 2 aliphatic heterocycles. The molecule has 0 unspecified atom stereocenters. The zero-order valence-electron chi connectivity index (χ0n) is 14.2. The van der Waals surface area contributed by atoms with Gasteiger partial charge in [0.25, 0.3) is 0 Å². The van der Waals surface area contributed by atoms with E-state index in [-0.39, 0.29) is 11.5 Å². The average molecular weight is 329 g/mol. The van der Waals surface area contributed by atoms with E-state index in [1.807, 2.05) is 24.4 Å². The zero-order valence-corrected chi connectivity index (χ0v) is 14.2. The highest BCUT2D eigenvalue weighted by Crippen LogP contribution is 2.43. The quantitative estimate of drug-likeness (QED) is 0.904. The van der Waals surface area contributed by atoms with E-state index in [0.29, 0.717) is 11.9 Å². The van der Waals surface area contributed by atoms with Crippen LogP contribution in [-0.4, -0.2) is 52.7 Å². The van der Waals surface area contributed by atoms with Crippen LogP contribution in [0.2, 0.25) is 0 Å². The van der Waals surface area contributed by atoms with Crippen LogP contribution < -0.4 is 4.90 Å². The second-order valence-electron chi connectivity index (χ2n) is 7.70. The summed E-state index contributed by atoms with van der Waals surface area (Å²) in [5, 5.41) is 9.72. The van der Waals surface area contributed by atoms with Crippen LogP contribution in [0.4, 0.5) is 5.82 Å². The maximum absolute atomic E-state index is 13.3. The zero-order chi connectivity index (χ0) is 16.6. The van der Waals surface area contributed by atoms with Crippen LogP contribution in [0.15, 0.2) is 24.4 Å². The average Bonchev–Trinajstić information content (AvgIpc) is 2.93. The van der Waals surface area contributed by atoms with Gasteiger partial charge >= 0.3 is 0 Å². The van der Waals surface area contributed by atoms with E-state index in [1.54, 1.807) is 0 Å². The van der Waals surface area contributed by atoms with E-state index in [4.69, 9.17) is 0 Å². The molecule has 2 saturated heterocycles. The molecule has 1 amide bonds. The summed E-state index contributed by atoms with van der Waals surface area (Å²) in [7, 11) is 0. The highest BCUT2D eigenvalue weighted by Gasteiger charge is 2.50. The van der Waals surface area contributed by atoms with Gasteiger partial charge in [0.05, 0.1) is 11.5 Å². The Morgan fingerprint density at radius 1 is 1.12 bits per heavy atom. The van der Waals surface area contributed by atoms with Crippen molar-refractivity contribution in [2.24, 2.45) is 5.41 Å². The molecule has 0 radical (unpaired) electrons. The van der Waals surface area contributed by atoms with Gasteiger partial charge in [0, 0.05) is 31.9 Å². The molecule has 1 atom stereocenters. The number of carbonyl (C=O) groups is 1. The number of aromatic nitrogens is 1. The normalized spacial score (nSPS) is 34.1. The van der Waals surface area contributed by atoms with E-state index in [9.17, 15) is 9.90 Å². The first kappa shape index (κ1) is 15.9. The Morgan fingerprint density at radius 2 is 1.96 bits per heavy atom. The fourth-order valence-corrected chi connectivity index (χ4v) is 4.81. The number of aliphatic hydroxyl groups is 1. The predicted octanol–water partition coefficient (Wildman–Crippen LogP) is 2.20. The van der Waals surface area contributed by atoms with E-state index < -0.39 is 0 Å². The maximum Gasteiger partial charge on any atom is 0.230 e. The van der Waals surface area contributed by atoms with Gasteiger partial charge in [0.2, 0.25) is 5.91 Å². The number of likely N-dealkylation sites (tertiary alicyclic amines) is 1. The van der Waals surface area contributed by atoms with E-state index in [0.717, 1.165) is 70.4 Å². The van der Waals surface area contributed by atoms with Crippen LogP contribution in [0, 0.1) is 5.41 Å². The van der Waals surface area contributed by atoms with Gasteiger partial charge < -0.3 is 14.9 Å². The Bertz CT molecular complexity index is 586. The third-order valence-corrected chi connectivity index (χ3v) is 6.20. The van der Waals surface area contributed by atoms with Crippen molar-refractivity contribution in [3.8, 4) is 0 Å². The summed E-state index contributed by atoms with van der Waals surface area (Å²) in [6.07, 6.45) is 8.26. The third-order valence-electron chi connectivity index (χ3n) is 6.20. The van der Waals surface area contributed by atoms with E-state index in [2.05, 4.69) is 14.8 Å². The molecule has 3 heterocycles. The number of amides is 1. The summed E-state index contributed by atoms with van der Waals surface area (Å²) in [6.45, 7) is 2.67. The Labute approximate surface area is 143 Å². The smallest absolute Gasteiger partial charge is 0.230 e. The second-order valence-corrected chi connectivity index (χ2v) is 7.70. The minimum Gasteiger partial charge on any atom is -0.393 e. The molecule has 1 aliphatic carbocycles. The van der Waals surface area contributed by atoms with Crippen molar-refractivity contribution < 1.29 is 9.90 Å². The number of piperidine rings is 1.